The number of thiazole rings is 1. The number of hydrogen-bond acceptors (Lipinski definition) is 5. The van der Waals surface area contributed by atoms with Gasteiger partial charge in [0.05, 0.1) is 23.9 Å². The predicted molar refractivity (Wildman–Crippen MR) is 101 cm³/mol. The molecule has 1 heterocycles. The minimum atomic E-state index is -4.39. The van der Waals surface area contributed by atoms with Crippen LogP contribution in [0.3, 0.4) is 0 Å². The molecule has 0 fully saturated rings. The van der Waals surface area contributed by atoms with E-state index in [2.05, 4.69) is 10.3 Å². The minimum Gasteiger partial charge on any atom is -0.356 e. The first-order valence-electron chi connectivity index (χ1n) is 8.27. The smallest absolute Gasteiger partial charge is 0.356 e. The molecule has 1 amide bonds. The number of halogens is 3. The van der Waals surface area contributed by atoms with Crippen molar-refractivity contribution in [3.8, 4) is 10.6 Å². The molecule has 0 radical (unpaired) electrons. The highest BCUT2D eigenvalue weighted by Crippen LogP contribution is 2.31. The van der Waals surface area contributed by atoms with E-state index in [1.165, 1.54) is 34.8 Å². The predicted octanol–water partition coefficient (Wildman–Crippen LogP) is 2.77. The summed E-state index contributed by atoms with van der Waals surface area (Å²) in [4.78, 5) is 16.2. The summed E-state index contributed by atoms with van der Waals surface area (Å²) in [5, 5.41) is 4.91. The van der Waals surface area contributed by atoms with E-state index in [1.807, 2.05) is 0 Å². The van der Waals surface area contributed by atoms with Crippen LogP contribution in [0.4, 0.5) is 13.2 Å². The van der Waals surface area contributed by atoms with Crippen molar-refractivity contribution in [3.63, 3.8) is 0 Å². The van der Waals surface area contributed by atoms with Gasteiger partial charge in [-0.05, 0) is 18.6 Å². The third kappa shape index (κ3) is 6.57. The zero-order valence-electron chi connectivity index (χ0n) is 15.3. The van der Waals surface area contributed by atoms with Crippen LogP contribution in [0.25, 0.3) is 10.6 Å². The number of amides is 1. The molecule has 154 valence electrons. The summed E-state index contributed by atoms with van der Waals surface area (Å²) in [5.41, 5.74) is 0.341. The van der Waals surface area contributed by atoms with Gasteiger partial charge in [-0.25, -0.2) is 17.7 Å². The summed E-state index contributed by atoms with van der Waals surface area (Å²) < 4.78 is 61.6. The van der Waals surface area contributed by atoms with E-state index in [1.54, 1.807) is 5.38 Å². The molecule has 6 nitrogen and oxygen atoms in total. The zero-order chi connectivity index (χ0) is 20.9. The normalized spacial score (nSPS) is 12.4. The quantitative estimate of drug-likeness (QED) is 0.647. The molecule has 0 aliphatic carbocycles. The zero-order valence-corrected chi connectivity index (χ0v) is 16.9. The summed E-state index contributed by atoms with van der Waals surface area (Å²) in [6, 6.07) is 4.70. The second kappa shape index (κ2) is 9.01. The number of nitrogens with one attached hydrogen (secondary N) is 1. The lowest BCUT2D eigenvalue weighted by Gasteiger charge is -2.13. The van der Waals surface area contributed by atoms with E-state index in [-0.39, 0.29) is 12.3 Å². The Morgan fingerprint density at radius 3 is 2.46 bits per heavy atom. The first-order chi connectivity index (χ1) is 13.0. The number of carbonyl (C=O) groups is 1. The lowest BCUT2D eigenvalue weighted by molar-refractivity contribution is -0.137. The van der Waals surface area contributed by atoms with Crippen LogP contribution in [-0.4, -0.2) is 50.0 Å². The molecule has 2 aromatic rings. The topological polar surface area (TPSA) is 79.4 Å². The van der Waals surface area contributed by atoms with Gasteiger partial charge in [0.1, 0.15) is 5.01 Å². The lowest BCUT2D eigenvalue weighted by atomic mass is 10.1. The molecule has 0 spiro atoms. The van der Waals surface area contributed by atoms with Crippen LogP contribution in [0.5, 0.6) is 0 Å². The van der Waals surface area contributed by atoms with E-state index < -0.39 is 21.8 Å². The standard InChI is InChI=1S/C17H20F3N3O3S2/c1-23(28(2,25)26)9-3-8-21-15(24)10-14-11-27-16(22-14)12-4-6-13(7-5-12)17(18,19)20/h4-7,11H,3,8-10H2,1-2H3,(H,21,24). The average Bonchev–Trinajstić information content (AvgIpc) is 3.05. The number of carbonyl (C=O) groups excluding carboxylic acids is 1. The summed E-state index contributed by atoms with van der Waals surface area (Å²) in [7, 11) is -1.77. The van der Waals surface area contributed by atoms with Crippen molar-refractivity contribution in [2.24, 2.45) is 0 Å². The third-order valence-corrected chi connectivity index (χ3v) is 6.15. The van der Waals surface area contributed by atoms with E-state index in [9.17, 15) is 26.4 Å². The number of rotatable bonds is 8. The summed E-state index contributed by atoms with van der Waals surface area (Å²) in [5.74, 6) is -0.258. The van der Waals surface area contributed by atoms with Crippen molar-refractivity contribution < 1.29 is 26.4 Å². The number of sulfonamides is 1. The number of nitrogens with zero attached hydrogens (tertiary/aromatic N) is 2. The first-order valence-corrected chi connectivity index (χ1v) is 11.0. The number of hydrogen-bond donors (Lipinski definition) is 1. The Kier molecular flexibility index (Phi) is 7.18. The summed E-state index contributed by atoms with van der Waals surface area (Å²) >= 11 is 1.25. The molecule has 1 N–H and O–H groups in total. The maximum atomic E-state index is 12.6. The van der Waals surface area contributed by atoms with Gasteiger partial charge in [0.25, 0.3) is 0 Å². The Labute approximate surface area is 165 Å². The van der Waals surface area contributed by atoms with Gasteiger partial charge in [-0.3, -0.25) is 4.79 Å². The second-order valence-corrected chi connectivity index (χ2v) is 9.13. The lowest BCUT2D eigenvalue weighted by Crippen LogP contribution is -2.31. The van der Waals surface area contributed by atoms with Crippen LogP contribution in [0.15, 0.2) is 29.6 Å². The van der Waals surface area contributed by atoms with Crippen LogP contribution in [0, 0.1) is 0 Å². The van der Waals surface area contributed by atoms with E-state index in [4.69, 9.17) is 0 Å². The monoisotopic (exact) mass is 435 g/mol. The van der Waals surface area contributed by atoms with E-state index in [0.29, 0.717) is 35.8 Å². The molecule has 0 aliphatic heterocycles. The van der Waals surface area contributed by atoms with Gasteiger partial charge in [-0.15, -0.1) is 11.3 Å². The van der Waals surface area contributed by atoms with Gasteiger partial charge in [-0.2, -0.15) is 13.2 Å². The Balaban J connectivity index is 1.84. The Morgan fingerprint density at radius 2 is 1.89 bits per heavy atom. The average molecular weight is 435 g/mol. The molecule has 0 saturated carbocycles. The Morgan fingerprint density at radius 1 is 1.25 bits per heavy atom. The van der Waals surface area contributed by atoms with E-state index >= 15 is 0 Å². The van der Waals surface area contributed by atoms with Crippen molar-refractivity contribution in [1.82, 2.24) is 14.6 Å². The molecule has 28 heavy (non-hydrogen) atoms. The van der Waals surface area contributed by atoms with Crippen molar-refractivity contribution in [1.29, 1.82) is 0 Å². The van der Waals surface area contributed by atoms with Crippen molar-refractivity contribution in [2.75, 3.05) is 26.4 Å². The van der Waals surface area contributed by atoms with Gasteiger partial charge >= 0.3 is 6.18 Å². The third-order valence-electron chi connectivity index (χ3n) is 3.89. The molecule has 0 bridgehead atoms. The molecular formula is C17H20F3N3O3S2. The van der Waals surface area contributed by atoms with Crippen molar-refractivity contribution >= 4 is 27.3 Å². The second-order valence-electron chi connectivity index (χ2n) is 6.18. The maximum absolute atomic E-state index is 12.6. The molecule has 0 aliphatic rings. The van der Waals surface area contributed by atoms with Crippen molar-refractivity contribution in [2.45, 2.75) is 19.0 Å². The van der Waals surface area contributed by atoms with Gasteiger partial charge < -0.3 is 5.32 Å². The summed E-state index contributed by atoms with van der Waals surface area (Å²) in [6.07, 6.45) is -2.76. The van der Waals surface area contributed by atoms with Crippen LogP contribution >= 0.6 is 11.3 Å². The van der Waals surface area contributed by atoms with Crippen LogP contribution in [-0.2, 0) is 27.4 Å². The fraction of sp³-hybridized carbons (Fsp3) is 0.412. The Bertz CT molecular complexity index is 910. The molecule has 0 saturated heterocycles. The Hall–Kier alpha value is -1.98. The first kappa shape index (κ1) is 22.3. The highest BCUT2D eigenvalue weighted by molar-refractivity contribution is 7.88. The fourth-order valence-electron chi connectivity index (χ4n) is 2.24. The van der Waals surface area contributed by atoms with Crippen LogP contribution in [0.2, 0.25) is 0 Å². The number of aromatic nitrogens is 1. The fourth-order valence-corrected chi connectivity index (χ4v) is 3.53. The van der Waals surface area contributed by atoms with Crippen LogP contribution in [0.1, 0.15) is 17.7 Å². The van der Waals surface area contributed by atoms with Crippen molar-refractivity contribution in [3.05, 3.63) is 40.9 Å². The van der Waals surface area contributed by atoms with Gasteiger partial charge in [0.2, 0.25) is 15.9 Å². The summed E-state index contributed by atoms with van der Waals surface area (Å²) in [6.45, 7) is 0.627. The molecule has 0 atom stereocenters. The van der Waals surface area contributed by atoms with Gasteiger partial charge in [0.15, 0.2) is 0 Å². The maximum Gasteiger partial charge on any atom is 0.416 e. The largest absolute Gasteiger partial charge is 0.416 e. The molecular weight excluding hydrogens is 415 g/mol. The molecule has 1 aromatic heterocycles. The SMILES string of the molecule is CN(CCCNC(=O)Cc1csc(-c2ccc(C(F)(F)F)cc2)n1)S(C)(=O)=O. The molecule has 0 unspecified atom stereocenters. The van der Waals surface area contributed by atoms with Crippen LogP contribution < -0.4 is 5.32 Å². The number of benzene rings is 1. The van der Waals surface area contributed by atoms with Gasteiger partial charge in [0, 0.05) is 31.1 Å². The highest BCUT2D eigenvalue weighted by Gasteiger charge is 2.30. The molecule has 11 heteroatoms. The minimum absolute atomic E-state index is 0.0407. The molecule has 1 aromatic carbocycles. The molecule has 2 rings (SSSR count). The van der Waals surface area contributed by atoms with Gasteiger partial charge in [-0.1, -0.05) is 12.1 Å². The number of alkyl halides is 3. The van der Waals surface area contributed by atoms with E-state index in [0.717, 1.165) is 18.4 Å². The highest BCUT2D eigenvalue weighted by atomic mass is 32.2.